The van der Waals surface area contributed by atoms with Crippen LogP contribution in [0.2, 0.25) is 0 Å². The number of furan rings is 1. The van der Waals surface area contributed by atoms with Gasteiger partial charge >= 0.3 is 6.09 Å². The number of nitrogens with one attached hydrogen (secondary N) is 1. The predicted molar refractivity (Wildman–Crippen MR) is 134 cm³/mol. The molecular weight excluding hydrogens is 503 g/mol. The lowest BCUT2D eigenvalue weighted by molar-refractivity contribution is 0.0964. The number of piperidine rings is 1. The number of fused-ring (bicyclic) bond motifs is 1. The fourth-order valence-electron chi connectivity index (χ4n) is 4.64. The number of carbonyl (C=O) groups is 2. The number of amides is 2. The summed E-state index contributed by atoms with van der Waals surface area (Å²) < 4.78 is 45.0. The van der Waals surface area contributed by atoms with Crippen molar-refractivity contribution in [1.82, 2.24) is 19.5 Å². The minimum atomic E-state index is -2.52. The van der Waals surface area contributed by atoms with Crippen LogP contribution in [0, 0.1) is 11.7 Å². The van der Waals surface area contributed by atoms with Gasteiger partial charge in [-0.3, -0.25) is 9.00 Å². The highest BCUT2D eigenvalue weighted by Gasteiger charge is 2.27. The molecule has 0 bridgehead atoms. The molecule has 2 aromatic heterocycles. The van der Waals surface area contributed by atoms with Crippen molar-refractivity contribution in [3.05, 3.63) is 53.0 Å². The van der Waals surface area contributed by atoms with Crippen molar-refractivity contribution in [2.24, 2.45) is 5.92 Å². The average molecular weight is 532 g/mol. The van der Waals surface area contributed by atoms with Crippen molar-refractivity contribution in [3.63, 3.8) is 0 Å². The molecule has 2 N–H and O–H groups in total. The highest BCUT2D eigenvalue weighted by molar-refractivity contribution is 7.76. The molecule has 12 heteroatoms. The standard InChI is InChI=1S/C25H29FN4O6S/c1-3-16-12-19-21(23(31)27-2)22(17-4-6-18(26)7-5-17)36-24(19)28-20(16)14-30(37(34)35)13-15-8-10-29(11-9-15)25(32)33/h4-7,12,15H,3,8-11,13-14H2,1-2H3,(H,27,31)(H,32,33)(H,34,35)/p-1. The number of nitrogens with zero attached hydrogens (tertiary/aromatic N) is 3. The van der Waals surface area contributed by atoms with Crippen LogP contribution in [0.1, 0.15) is 41.4 Å². The zero-order valence-corrected chi connectivity index (χ0v) is 21.3. The van der Waals surface area contributed by atoms with Crippen LogP contribution in [-0.2, 0) is 24.2 Å². The number of hydrogen-bond acceptors (Lipinski definition) is 6. The van der Waals surface area contributed by atoms with Gasteiger partial charge in [0, 0.05) is 43.5 Å². The Balaban J connectivity index is 1.67. The maximum atomic E-state index is 13.5. The monoisotopic (exact) mass is 531 g/mol. The second kappa shape index (κ2) is 11.4. The third-order valence-corrected chi connectivity index (χ3v) is 7.38. The first-order chi connectivity index (χ1) is 17.7. The van der Waals surface area contributed by atoms with Crippen LogP contribution in [-0.4, -0.2) is 66.7 Å². The van der Waals surface area contributed by atoms with Gasteiger partial charge in [-0.05, 0) is 61.1 Å². The van der Waals surface area contributed by atoms with Gasteiger partial charge in [0.2, 0.25) is 5.71 Å². The topological polar surface area (TPSA) is 139 Å². The number of halogens is 1. The molecule has 1 aliphatic rings. The highest BCUT2D eigenvalue weighted by atomic mass is 32.2. The number of benzene rings is 1. The van der Waals surface area contributed by atoms with E-state index in [0.717, 1.165) is 5.56 Å². The van der Waals surface area contributed by atoms with Crippen molar-refractivity contribution in [2.45, 2.75) is 32.7 Å². The molecule has 0 saturated carbocycles. The van der Waals surface area contributed by atoms with E-state index >= 15 is 0 Å². The number of rotatable bonds is 8. The van der Waals surface area contributed by atoms with Crippen molar-refractivity contribution >= 4 is 34.4 Å². The molecular formula is C25H28FN4O6S-. The zero-order valence-electron chi connectivity index (χ0n) is 20.5. The lowest BCUT2D eigenvalue weighted by atomic mass is 9.97. The summed E-state index contributed by atoms with van der Waals surface area (Å²) >= 11 is -2.52. The van der Waals surface area contributed by atoms with Gasteiger partial charge in [0.25, 0.3) is 5.91 Å². The van der Waals surface area contributed by atoms with Crippen molar-refractivity contribution in [3.8, 4) is 11.3 Å². The minimum Gasteiger partial charge on any atom is -0.760 e. The van der Waals surface area contributed by atoms with Gasteiger partial charge < -0.3 is 24.3 Å². The predicted octanol–water partition coefficient (Wildman–Crippen LogP) is 3.54. The van der Waals surface area contributed by atoms with Crippen LogP contribution < -0.4 is 5.32 Å². The van der Waals surface area contributed by atoms with E-state index in [4.69, 9.17) is 9.52 Å². The number of aromatic nitrogens is 1. The number of pyridine rings is 1. The average Bonchev–Trinajstić information content (AvgIpc) is 3.26. The summed E-state index contributed by atoms with van der Waals surface area (Å²) in [7, 11) is 1.50. The Bertz CT molecular complexity index is 1320. The van der Waals surface area contributed by atoms with Crippen molar-refractivity contribution < 1.29 is 32.3 Å². The van der Waals surface area contributed by atoms with Crippen LogP contribution >= 0.6 is 0 Å². The number of hydrogen-bond donors (Lipinski definition) is 2. The first-order valence-electron chi connectivity index (χ1n) is 12.0. The Labute approximate surface area is 215 Å². The molecule has 4 rings (SSSR count). The Morgan fingerprint density at radius 1 is 1.30 bits per heavy atom. The van der Waals surface area contributed by atoms with E-state index in [-0.39, 0.29) is 42.0 Å². The molecule has 1 saturated heterocycles. The fraction of sp³-hybridized carbons (Fsp3) is 0.400. The van der Waals surface area contributed by atoms with E-state index in [9.17, 15) is 22.7 Å². The molecule has 10 nitrogen and oxygen atoms in total. The largest absolute Gasteiger partial charge is 0.760 e. The Morgan fingerprint density at radius 2 is 1.97 bits per heavy atom. The minimum absolute atomic E-state index is 0.0102. The quantitative estimate of drug-likeness (QED) is 0.424. The van der Waals surface area contributed by atoms with Crippen molar-refractivity contribution in [2.75, 3.05) is 26.7 Å². The van der Waals surface area contributed by atoms with Crippen LogP contribution in [0.15, 0.2) is 34.7 Å². The van der Waals surface area contributed by atoms with E-state index < -0.39 is 23.2 Å². The molecule has 1 aliphatic heterocycles. The molecule has 37 heavy (non-hydrogen) atoms. The zero-order chi connectivity index (χ0) is 26.7. The summed E-state index contributed by atoms with van der Waals surface area (Å²) in [5.41, 5.74) is 2.22. The molecule has 1 aromatic carbocycles. The van der Waals surface area contributed by atoms with E-state index in [1.54, 1.807) is 6.07 Å². The molecule has 0 radical (unpaired) electrons. The van der Waals surface area contributed by atoms with E-state index in [2.05, 4.69) is 10.3 Å². The number of aryl methyl sites for hydroxylation is 1. The van der Waals surface area contributed by atoms with Gasteiger partial charge in [-0.1, -0.05) is 6.92 Å². The highest BCUT2D eigenvalue weighted by Crippen LogP contribution is 2.34. The molecule has 1 unspecified atom stereocenters. The Morgan fingerprint density at radius 3 is 2.54 bits per heavy atom. The van der Waals surface area contributed by atoms with Gasteiger partial charge in [0.1, 0.15) is 11.6 Å². The number of carbonyl (C=O) groups excluding carboxylic acids is 1. The third kappa shape index (κ3) is 5.81. The van der Waals surface area contributed by atoms with E-state index in [1.807, 2.05) is 6.92 Å². The summed E-state index contributed by atoms with van der Waals surface area (Å²) in [6.07, 6.45) is 0.713. The SMILES string of the molecule is CCc1cc2c(C(=O)NC)c(-c3ccc(F)cc3)oc2nc1CN(CC1CCN(C(=O)O)CC1)S(=O)[O-]. The Hall–Kier alpha value is -3.35. The fourth-order valence-corrected chi connectivity index (χ4v) is 5.20. The summed E-state index contributed by atoms with van der Waals surface area (Å²) in [6, 6.07) is 7.36. The van der Waals surface area contributed by atoms with Crippen LogP contribution in [0.25, 0.3) is 22.4 Å². The lowest BCUT2D eigenvalue weighted by Gasteiger charge is -2.34. The second-order valence-electron chi connectivity index (χ2n) is 8.95. The summed E-state index contributed by atoms with van der Waals surface area (Å²) in [6.45, 7) is 2.90. The molecule has 198 valence electrons. The molecule has 2 amide bonds. The molecule has 1 atom stereocenters. The second-order valence-corrected chi connectivity index (χ2v) is 9.90. The molecule has 0 aliphatic carbocycles. The van der Waals surface area contributed by atoms with Gasteiger partial charge in [-0.15, -0.1) is 0 Å². The van der Waals surface area contributed by atoms with Gasteiger partial charge in [0.05, 0.1) is 23.2 Å². The first-order valence-corrected chi connectivity index (χ1v) is 13.0. The van der Waals surface area contributed by atoms with Crippen molar-refractivity contribution in [1.29, 1.82) is 0 Å². The number of carboxylic acid groups (broad SMARTS) is 1. The molecule has 1 fully saturated rings. The van der Waals surface area contributed by atoms with Crippen LogP contribution in [0.5, 0.6) is 0 Å². The van der Waals surface area contributed by atoms with Crippen LogP contribution in [0.4, 0.5) is 9.18 Å². The first kappa shape index (κ1) is 26.7. The third-order valence-electron chi connectivity index (χ3n) is 6.68. The Kier molecular flexibility index (Phi) is 8.20. The summed E-state index contributed by atoms with van der Waals surface area (Å²) in [5.74, 6) is -0.537. The summed E-state index contributed by atoms with van der Waals surface area (Å²) in [4.78, 5) is 29.9. The van der Waals surface area contributed by atoms with Crippen LogP contribution in [0.3, 0.4) is 0 Å². The molecule has 0 spiro atoms. The normalized spacial score (nSPS) is 15.3. The smallest absolute Gasteiger partial charge is 0.407 e. The molecule has 3 heterocycles. The molecule has 3 aromatic rings. The van der Waals surface area contributed by atoms with E-state index in [1.165, 1.54) is 40.5 Å². The van der Waals surface area contributed by atoms with Gasteiger partial charge in [0.15, 0.2) is 0 Å². The number of likely N-dealkylation sites (tertiary alicyclic amines) is 1. The maximum absolute atomic E-state index is 13.5. The van der Waals surface area contributed by atoms with E-state index in [0.29, 0.717) is 49.0 Å². The van der Waals surface area contributed by atoms with Gasteiger partial charge in [-0.25, -0.2) is 18.5 Å². The summed E-state index contributed by atoms with van der Waals surface area (Å²) in [5, 5.41) is 12.2. The lowest BCUT2D eigenvalue weighted by Crippen LogP contribution is -2.41. The van der Waals surface area contributed by atoms with Gasteiger partial charge in [-0.2, -0.15) is 0 Å². The maximum Gasteiger partial charge on any atom is 0.407 e.